The van der Waals surface area contributed by atoms with Crippen molar-refractivity contribution in [3.63, 3.8) is 0 Å². The van der Waals surface area contributed by atoms with Gasteiger partial charge < -0.3 is 15.4 Å². The molecular formula is C20H20N4O2. The third kappa shape index (κ3) is 5.31. The molecule has 6 heteroatoms. The van der Waals surface area contributed by atoms with Gasteiger partial charge in [0.2, 0.25) is 5.91 Å². The molecule has 26 heavy (non-hydrogen) atoms. The van der Waals surface area contributed by atoms with E-state index in [2.05, 4.69) is 20.8 Å². The van der Waals surface area contributed by atoms with E-state index in [1.165, 1.54) is 5.56 Å². The Kier molecular flexibility index (Phi) is 5.77. The van der Waals surface area contributed by atoms with Crippen molar-refractivity contribution in [2.45, 2.75) is 13.3 Å². The SMILES string of the molecule is Cc1ccc(Nc2ccc(NC(=O)CCOc3ccccc3)nn2)cc1. The molecule has 0 radical (unpaired) electrons. The molecule has 0 fully saturated rings. The van der Waals surface area contributed by atoms with Gasteiger partial charge in [-0.1, -0.05) is 35.9 Å². The van der Waals surface area contributed by atoms with E-state index in [0.717, 1.165) is 11.4 Å². The van der Waals surface area contributed by atoms with Crippen molar-refractivity contribution in [1.29, 1.82) is 0 Å². The Morgan fingerprint density at radius 3 is 2.31 bits per heavy atom. The van der Waals surface area contributed by atoms with Crippen LogP contribution < -0.4 is 15.4 Å². The van der Waals surface area contributed by atoms with E-state index in [4.69, 9.17) is 4.74 Å². The molecule has 6 nitrogen and oxygen atoms in total. The second-order valence-corrected chi connectivity index (χ2v) is 5.75. The van der Waals surface area contributed by atoms with E-state index < -0.39 is 0 Å². The number of ether oxygens (including phenoxy) is 1. The van der Waals surface area contributed by atoms with Gasteiger partial charge in [-0.25, -0.2) is 0 Å². The number of nitrogens with zero attached hydrogens (tertiary/aromatic N) is 2. The topological polar surface area (TPSA) is 76.1 Å². The molecule has 3 aromatic rings. The zero-order valence-electron chi connectivity index (χ0n) is 14.5. The van der Waals surface area contributed by atoms with E-state index in [1.54, 1.807) is 12.1 Å². The first-order chi connectivity index (χ1) is 12.7. The highest BCUT2D eigenvalue weighted by atomic mass is 16.5. The summed E-state index contributed by atoms with van der Waals surface area (Å²) in [5, 5.41) is 13.9. The smallest absolute Gasteiger partial charge is 0.229 e. The summed E-state index contributed by atoms with van der Waals surface area (Å²) >= 11 is 0. The molecule has 1 heterocycles. The van der Waals surface area contributed by atoms with Crippen LogP contribution in [-0.4, -0.2) is 22.7 Å². The van der Waals surface area contributed by atoms with Gasteiger partial charge in [0, 0.05) is 5.69 Å². The van der Waals surface area contributed by atoms with E-state index in [1.807, 2.05) is 61.5 Å². The van der Waals surface area contributed by atoms with Gasteiger partial charge in [0.1, 0.15) is 5.75 Å². The number of carbonyl (C=O) groups excluding carboxylic acids is 1. The highest BCUT2D eigenvalue weighted by Gasteiger charge is 2.05. The third-order valence-corrected chi connectivity index (χ3v) is 3.60. The van der Waals surface area contributed by atoms with Crippen molar-refractivity contribution >= 4 is 23.2 Å². The summed E-state index contributed by atoms with van der Waals surface area (Å²) < 4.78 is 5.50. The standard InChI is InChI=1S/C20H20N4O2/c1-15-7-9-16(10-8-15)21-18-11-12-19(24-23-18)22-20(25)13-14-26-17-5-3-2-4-6-17/h2-12H,13-14H2,1H3,(H,21,23)(H,22,24,25). The zero-order valence-corrected chi connectivity index (χ0v) is 14.5. The second-order valence-electron chi connectivity index (χ2n) is 5.75. The fourth-order valence-electron chi connectivity index (χ4n) is 2.23. The Labute approximate surface area is 152 Å². The summed E-state index contributed by atoms with van der Waals surface area (Å²) in [6.45, 7) is 2.34. The number of hydrogen-bond donors (Lipinski definition) is 2. The quantitative estimate of drug-likeness (QED) is 0.676. The van der Waals surface area contributed by atoms with Crippen molar-refractivity contribution in [3.05, 3.63) is 72.3 Å². The number of hydrogen-bond acceptors (Lipinski definition) is 5. The summed E-state index contributed by atoms with van der Waals surface area (Å²) in [5.74, 6) is 1.59. The van der Waals surface area contributed by atoms with Crippen LogP contribution in [0.4, 0.5) is 17.3 Å². The Bertz CT molecular complexity index is 834. The minimum Gasteiger partial charge on any atom is -0.493 e. The fraction of sp³-hybridized carbons (Fsp3) is 0.150. The van der Waals surface area contributed by atoms with Crippen LogP contribution >= 0.6 is 0 Å². The predicted octanol–water partition coefficient (Wildman–Crippen LogP) is 3.94. The monoisotopic (exact) mass is 348 g/mol. The molecule has 0 atom stereocenters. The summed E-state index contributed by atoms with van der Waals surface area (Å²) in [7, 11) is 0. The number of amides is 1. The summed E-state index contributed by atoms with van der Waals surface area (Å²) in [6.07, 6.45) is 0.236. The maximum absolute atomic E-state index is 11.9. The average molecular weight is 348 g/mol. The molecule has 0 bridgehead atoms. The molecule has 132 valence electrons. The predicted molar refractivity (Wildman–Crippen MR) is 102 cm³/mol. The van der Waals surface area contributed by atoms with Crippen LogP contribution in [0.2, 0.25) is 0 Å². The van der Waals surface area contributed by atoms with Crippen molar-refractivity contribution < 1.29 is 9.53 Å². The molecule has 0 saturated carbocycles. The van der Waals surface area contributed by atoms with Gasteiger partial charge in [0.25, 0.3) is 0 Å². The Balaban J connectivity index is 1.46. The minimum atomic E-state index is -0.172. The number of anilines is 3. The molecule has 1 amide bonds. The number of aryl methyl sites for hydroxylation is 1. The highest BCUT2D eigenvalue weighted by Crippen LogP contribution is 2.15. The van der Waals surface area contributed by atoms with Crippen molar-refractivity contribution in [2.24, 2.45) is 0 Å². The van der Waals surface area contributed by atoms with Crippen LogP contribution in [0.25, 0.3) is 0 Å². The normalized spacial score (nSPS) is 10.2. The van der Waals surface area contributed by atoms with Crippen LogP contribution in [0.5, 0.6) is 5.75 Å². The maximum atomic E-state index is 11.9. The van der Waals surface area contributed by atoms with E-state index in [0.29, 0.717) is 18.2 Å². The molecule has 0 aliphatic heterocycles. The summed E-state index contributed by atoms with van der Waals surface area (Å²) in [4.78, 5) is 11.9. The Hall–Kier alpha value is -3.41. The lowest BCUT2D eigenvalue weighted by atomic mass is 10.2. The van der Waals surface area contributed by atoms with Crippen LogP contribution in [-0.2, 0) is 4.79 Å². The summed E-state index contributed by atoms with van der Waals surface area (Å²) in [5.41, 5.74) is 2.12. The van der Waals surface area contributed by atoms with Gasteiger partial charge in [-0.15, -0.1) is 10.2 Å². The van der Waals surface area contributed by atoms with E-state index in [9.17, 15) is 4.79 Å². The van der Waals surface area contributed by atoms with Gasteiger partial charge in [0.05, 0.1) is 13.0 Å². The molecule has 2 N–H and O–H groups in total. The maximum Gasteiger partial charge on any atom is 0.229 e. The lowest BCUT2D eigenvalue weighted by Crippen LogP contribution is -2.16. The molecule has 2 aromatic carbocycles. The molecule has 0 unspecified atom stereocenters. The zero-order chi connectivity index (χ0) is 18.2. The molecule has 0 aliphatic carbocycles. The van der Waals surface area contributed by atoms with Gasteiger partial charge in [-0.3, -0.25) is 4.79 Å². The van der Waals surface area contributed by atoms with Crippen molar-refractivity contribution in [2.75, 3.05) is 17.2 Å². The van der Waals surface area contributed by atoms with Crippen molar-refractivity contribution in [3.8, 4) is 5.75 Å². The number of aromatic nitrogens is 2. The fourth-order valence-corrected chi connectivity index (χ4v) is 2.23. The van der Waals surface area contributed by atoms with Gasteiger partial charge >= 0.3 is 0 Å². The van der Waals surface area contributed by atoms with Crippen LogP contribution in [0.15, 0.2) is 66.7 Å². The molecule has 3 rings (SSSR count). The molecule has 0 saturated heterocycles. The van der Waals surface area contributed by atoms with Gasteiger partial charge in [-0.2, -0.15) is 0 Å². The minimum absolute atomic E-state index is 0.172. The van der Waals surface area contributed by atoms with Crippen molar-refractivity contribution in [1.82, 2.24) is 10.2 Å². The molecule has 0 aliphatic rings. The highest BCUT2D eigenvalue weighted by molar-refractivity contribution is 5.89. The van der Waals surface area contributed by atoms with Crippen LogP contribution in [0, 0.1) is 6.92 Å². The number of para-hydroxylation sites is 1. The first-order valence-electron chi connectivity index (χ1n) is 8.34. The largest absolute Gasteiger partial charge is 0.493 e. The first-order valence-corrected chi connectivity index (χ1v) is 8.34. The van der Waals surface area contributed by atoms with Gasteiger partial charge in [0.15, 0.2) is 11.6 Å². The molecule has 0 spiro atoms. The molecular weight excluding hydrogens is 328 g/mol. The van der Waals surface area contributed by atoms with E-state index >= 15 is 0 Å². The Morgan fingerprint density at radius 2 is 1.62 bits per heavy atom. The number of carbonyl (C=O) groups is 1. The lowest BCUT2D eigenvalue weighted by molar-refractivity contribution is -0.116. The van der Waals surface area contributed by atoms with E-state index in [-0.39, 0.29) is 12.3 Å². The van der Waals surface area contributed by atoms with Gasteiger partial charge in [-0.05, 0) is 43.3 Å². The Morgan fingerprint density at radius 1 is 0.923 bits per heavy atom. The number of rotatable bonds is 7. The first kappa shape index (κ1) is 17.4. The lowest BCUT2D eigenvalue weighted by Gasteiger charge is -2.08. The molecule has 1 aromatic heterocycles. The number of nitrogens with one attached hydrogen (secondary N) is 2. The second kappa shape index (κ2) is 8.62. The number of benzene rings is 2. The van der Waals surface area contributed by atoms with Crippen LogP contribution in [0.3, 0.4) is 0 Å². The average Bonchev–Trinajstić information content (AvgIpc) is 2.66. The summed E-state index contributed by atoms with van der Waals surface area (Å²) in [6, 6.07) is 20.8. The third-order valence-electron chi connectivity index (χ3n) is 3.60. The van der Waals surface area contributed by atoms with Crippen LogP contribution in [0.1, 0.15) is 12.0 Å².